The highest BCUT2D eigenvalue weighted by Gasteiger charge is 2.65. The molecule has 0 saturated carbocycles. The molecule has 13 heteroatoms. The summed E-state index contributed by atoms with van der Waals surface area (Å²) in [5.74, 6) is -1.94. The summed E-state index contributed by atoms with van der Waals surface area (Å²) in [6.45, 7) is 4.85. The number of rotatable bonds is 11. The van der Waals surface area contributed by atoms with Crippen LogP contribution in [0, 0.1) is 5.92 Å². The number of piperidine rings is 1. The number of hydroxylamine groups is 2. The second kappa shape index (κ2) is 12.3. The summed E-state index contributed by atoms with van der Waals surface area (Å²) in [4.78, 5) is 78.5. The van der Waals surface area contributed by atoms with Crippen molar-refractivity contribution in [3.63, 3.8) is 0 Å². The van der Waals surface area contributed by atoms with Gasteiger partial charge < -0.3 is 24.4 Å². The van der Waals surface area contributed by atoms with Crippen molar-refractivity contribution in [1.29, 1.82) is 0 Å². The fourth-order valence-electron chi connectivity index (χ4n) is 7.69. The van der Waals surface area contributed by atoms with Crippen LogP contribution in [-0.2, 0) is 50.2 Å². The largest absolute Gasteiger partial charge is 0.481 e. The molecule has 0 radical (unpaired) electrons. The average Bonchev–Trinajstić information content (AvgIpc) is 3.50. The number of amides is 3. The summed E-state index contributed by atoms with van der Waals surface area (Å²) in [5, 5.41) is 3.30. The predicted molar refractivity (Wildman–Crippen MR) is 154 cm³/mol. The maximum absolute atomic E-state index is 12.3. The number of benzene rings is 1. The van der Waals surface area contributed by atoms with Crippen LogP contribution < -0.4 is 14.8 Å². The lowest BCUT2D eigenvalue weighted by atomic mass is 9.53. The zero-order valence-corrected chi connectivity index (χ0v) is 25.4. The quantitative estimate of drug-likeness (QED) is 0.126. The van der Waals surface area contributed by atoms with E-state index in [1.54, 1.807) is 6.07 Å². The van der Waals surface area contributed by atoms with Gasteiger partial charge in [-0.15, -0.1) is 5.06 Å². The number of likely N-dealkylation sites (tertiary alicyclic amines) is 1. The maximum Gasteiger partial charge on any atom is 0.333 e. The molecule has 1 aromatic carbocycles. The van der Waals surface area contributed by atoms with Crippen LogP contribution in [0.15, 0.2) is 24.3 Å². The third-order valence-corrected chi connectivity index (χ3v) is 9.46. The molecule has 0 aromatic heterocycles. The van der Waals surface area contributed by atoms with Crippen LogP contribution in [0.5, 0.6) is 11.5 Å². The Kier molecular flexibility index (Phi) is 8.38. The van der Waals surface area contributed by atoms with E-state index >= 15 is 0 Å². The molecule has 2 bridgehead atoms. The van der Waals surface area contributed by atoms with Gasteiger partial charge in [0.1, 0.15) is 6.10 Å². The second-order valence-corrected chi connectivity index (χ2v) is 12.2. The van der Waals surface area contributed by atoms with Gasteiger partial charge >= 0.3 is 17.9 Å². The van der Waals surface area contributed by atoms with Gasteiger partial charge in [-0.1, -0.05) is 12.1 Å². The van der Waals surface area contributed by atoms with Gasteiger partial charge in [0.15, 0.2) is 17.6 Å². The predicted octanol–water partition coefficient (Wildman–Crippen LogP) is 1.64. The van der Waals surface area contributed by atoms with Crippen molar-refractivity contribution >= 4 is 35.6 Å². The minimum Gasteiger partial charge on any atom is -0.481 e. The SMILES string of the molecule is CC(=O)Oc1ccc2c3c1O[C@H]1[C@@H](OC(C)=O)C=C[C@H]4C(C2)N(CCCCNC(=O)CCC(=O)ON2C(=O)CCC2=O)CC[C@@]341. The van der Waals surface area contributed by atoms with Gasteiger partial charge in [0.25, 0.3) is 11.8 Å². The van der Waals surface area contributed by atoms with Crippen molar-refractivity contribution < 1.29 is 47.8 Å². The Balaban J connectivity index is 1.05. The van der Waals surface area contributed by atoms with Crippen LogP contribution in [0.2, 0.25) is 0 Å². The van der Waals surface area contributed by atoms with Crippen LogP contribution >= 0.6 is 0 Å². The third kappa shape index (κ3) is 5.69. The highest BCUT2D eigenvalue weighted by Crippen LogP contribution is 2.63. The van der Waals surface area contributed by atoms with Crippen molar-refractivity contribution in [2.24, 2.45) is 5.92 Å². The van der Waals surface area contributed by atoms with E-state index < -0.39 is 41.4 Å². The van der Waals surface area contributed by atoms with E-state index in [-0.39, 0.29) is 49.5 Å². The fourth-order valence-corrected chi connectivity index (χ4v) is 7.69. The first kappa shape index (κ1) is 30.8. The number of carbonyl (C=O) groups is 6. The Bertz CT molecular complexity index is 1460. The number of ether oxygens (including phenoxy) is 3. The Morgan fingerprint density at radius 2 is 1.80 bits per heavy atom. The number of hydrogen-bond acceptors (Lipinski definition) is 11. The summed E-state index contributed by atoms with van der Waals surface area (Å²) in [7, 11) is 0. The van der Waals surface area contributed by atoms with Gasteiger partial charge in [-0.2, -0.15) is 0 Å². The normalized spacial score (nSPS) is 27.5. The lowest BCUT2D eigenvalue weighted by molar-refractivity contribution is -0.197. The molecule has 1 N–H and O–H groups in total. The van der Waals surface area contributed by atoms with Gasteiger partial charge in [-0.25, -0.2) is 4.79 Å². The van der Waals surface area contributed by atoms with Gasteiger partial charge in [-0.05, 0) is 56.5 Å². The first-order valence-corrected chi connectivity index (χ1v) is 15.5. The van der Waals surface area contributed by atoms with E-state index in [0.717, 1.165) is 49.9 Å². The summed E-state index contributed by atoms with van der Waals surface area (Å²) < 4.78 is 17.8. The van der Waals surface area contributed by atoms with Gasteiger partial charge in [0, 0.05) is 62.6 Å². The molecule has 2 fully saturated rings. The molecule has 5 atom stereocenters. The molecular weight excluding hydrogens is 586 g/mol. The summed E-state index contributed by atoms with van der Waals surface area (Å²) >= 11 is 0. The Labute approximate surface area is 260 Å². The number of unbranched alkanes of at least 4 members (excludes halogenated alkanes) is 1. The first-order chi connectivity index (χ1) is 21.6. The number of hydrogen-bond donors (Lipinski definition) is 1. The smallest absolute Gasteiger partial charge is 0.333 e. The van der Waals surface area contributed by atoms with Crippen LogP contribution in [0.1, 0.15) is 69.9 Å². The molecule has 6 rings (SSSR count). The maximum atomic E-state index is 12.3. The van der Waals surface area contributed by atoms with Crippen LogP contribution in [0.4, 0.5) is 0 Å². The van der Waals surface area contributed by atoms with E-state index in [1.165, 1.54) is 13.8 Å². The lowest BCUT2D eigenvalue weighted by Crippen LogP contribution is -2.65. The number of imide groups is 1. The molecule has 13 nitrogen and oxygen atoms in total. The molecule has 45 heavy (non-hydrogen) atoms. The van der Waals surface area contributed by atoms with Crippen molar-refractivity contribution in [3.8, 4) is 11.5 Å². The monoisotopic (exact) mass is 623 g/mol. The molecule has 5 aliphatic rings. The summed E-state index contributed by atoms with van der Waals surface area (Å²) in [6.07, 6.45) is 6.00. The van der Waals surface area contributed by atoms with E-state index in [1.807, 2.05) is 12.1 Å². The van der Waals surface area contributed by atoms with E-state index in [9.17, 15) is 28.8 Å². The summed E-state index contributed by atoms with van der Waals surface area (Å²) in [6, 6.07) is 4.00. The van der Waals surface area contributed by atoms with E-state index in [4.69, 9.17) is 19.0 Å². The van der Waals surface area contributed by atoms with E-state index in [2.05, 4.69) is 16.3 Å². The van der Waals surface area contributed by atoms with Gasteiger partial charge in [0.2, 0.25) is 5.91 Å². The molecular formula is C32H37N3O10. The average molecular weight is 624 g/mol. The number of carbonyl (C=O) groups excluding carboxylic acids is 6. The zero-order chi connectivity index (χ0) is 31.9. The molecule has 3 amide bonds. The third-order valence-electron chi connectivity index (χ3n) is 9.46. The first-order valence-electron chi connectivity index (χ1n) is 15.5. The minimum absolute atomic E-state index is 0.0151. The number of nitrogens with zero attached hydrogens (tertiary/aromatic N) is 2. The van der Waals surface area contributed by atoms with Crippen molar-refractivity contribution in [2.75, 3.05) is 19.6 Å². The van der Waals surface area contributed by atoms with Crippen LogP contribution in [0.25, 0.3) is 0 Å². The highest BCUT2D eigenvalue weighted by atomic mass is 16.7. The van der Waals surface area contributed by atoms with Crippen LogP contribution in [0.3, 0.4) is 0 Å². The van der Waals surface area contributed by atoms with Crippen molar-refractivity contribution in [1.82, 2.24) is 15.3 Å². The molecule has 3 heterocycles. The Hall–Kier alpha value is -4.26. The van der Waals surface area contributed by atoms with Crippen molar-refractivity contribution in [3.05, 3.63) is 35.4 Å². The second-order valence-electron chi connectivity index (χ2n) is 12.2. The molecule has 2 aliphatic carbocycles. The summed E-state index contributed by atoms with van der Waals surface area (Å²) in [5.41, 5.74) is 1.81. The number of nitrogens with one attached hydrogen (secondary N) is 1. The lowest BCUT2D eigenvalue weighted by Gasteiger charge is -2.57. The van der Waals surface area contributed by atoms with E-state index in [0.29, 0.717) is 23.1 Å². The molecule has 1 unspecified atom stereocenters. The molecule has 3 aliphatic heterocycles. The van der Waals surface area contributed by atoms with Crippen LogP contribution in [-0.4, -0.2) is 83.5 Å². The number of esters is 2. The minimum atomic E-state index is -0.800. The highest BCUT2D eigenvalue weighted by molar-refractivity contribution is 6.01. The molecule has 240 valence electrons. The van der Waals surface area contributed by atoms with Gasteiger partial charge in [-0.3, -0.25) is 28.9 Å². The standard InChI is InChI=1S/C32H37N3O10/c1-18(36)42-23-7-5-20-17-22-21-6-8-24(43-19(2)37)31-32(21,29(20)30(23)44-31)13-16-34(22)15-4-3-14-33-25(38)9-12-28(41)45-35-26(39)10-11-27(35)40/h5-8,21-22,24,31H,3-4,9-17H2,1-2H3,(H,33,38)/t21-,22?,24-,31-,32-/m0/s1. The molecule has 2 saturated heterocycles. The molecule has 1 aromatic rings. The zero-order valence-electron chi connectivity index (χ0n) is 25.4. The van der Waals surface area contributed by atoms with Crippen molar-refractivity contribution in [2.45, 2.75) is 88.9 Å². The van der Waals surface area contributed by atoms with Gasteiger partial charge in [0.05, 0.1) is 6.42 Å². The molecule has 1 spiro atoms. The topological polar surface area (TPSA) is 158 Å². The Morgan fingerprint density at radius 1 is 1.02 bits per heavy atom. The Morgan fingerprint density at radius 3 is 2.53 bits per heavy atom. The fraction of sp³-hybridized carbons (Fsp3) is 0.562.